The lowest BCUT2D eigenvalue weighted by Crippen LogP contribution is -2.40. The molecule has 0 rings (SSSR count). The van der Waals surface area contributed by atoms with Crippen LogP contribution in [0.4, 0.5) is 0 Å². The molecule has 0 amide bonds. The summed E-state index contributed by atoms with van der Waals surface area (Å²) < 4.78 is 29.2. The molecule has 0 heterocycles. The number of methoxy groups -OCH3 is 5. The van der Waals surface area contributed by atoms with Crippen LogP contribution >= 0.6 is 15.8 Å². The van der Waals surface area contributed by atoms with E-state index in [0.29, 0.717) is 0 Å². The van der Waals surface area contributed by atoms with Crippen molar-refractivity contribution in [2.24, 2.45) is 0 Å². The Morgan fingerprint density at radius 2 is 0.839 bits per heavy atom. The fourth-order valence-electron chi connectivity index (χ4n) is 4.21. The van der Waals surface area contributed by atoms with E-state index in [1.807, 2.05) is 28.4 Å². The zero-order valence-electron chi connectivity index (χ0n) is 21.9. The highest BCUT2D eigenvalue weighted by molar-refractivity contribution is 7.59. The average Bonchev–Trinajstić information content (AvgIpc) is 2.80. The van der Waals surface area contributed by atoms with E-state index in [1.54, 1.807) is 7.11 Å². The number of ether oxygens (including phenoxy) is 5. The van der Waals surface area contributed by atoms with Crippen LogP contribution in [0, 0.1) is 0 Å². The van der Waals surface area contributed by atoms with E-state index in [9.17, 15) is 0 Å². The normalized spacial score (nSPS) is 19.1. The molecule has 0 saturated heterocycles. The van der Waals surface area contributed by atoms with Crippen LogP contribution in [0.15, 0.2) is 0 Å². The molecule has 0 N–H and O–H groups in total. The van der Waals surface area contributed by atoms with Gasteiger partial charge in [0, 0.05) is 48.6 Å². The minimum Gasteiger partial charge on any atom is -0.377 e. The van der Waals surface area contributed by atoms with Gasteiger partial charge in [-0.3, -0.25) is 4.90 Å². The third-order valence-corrected chi connectivity index (χ3v) is 12.8. The van der Waals surface area contributed by atoms with Crippen molar-refractivity contribution in [3.05, 3.63) is 0 Å². The maximum Gasteiger partial charge on any atom is 0.107 e. The Hall–Kier alpha value is 0.620. The molecule has 0 saturated carbocycles. The standard InChI is InChI=1S/C23H51NO5P2/c1-11-20(26-7)30(21(12-2)27-8)17-15-24(19(5)25-6)16-18-31(22(13-3)28-9)23(14-4)29-10/h19-23H,11-18H2,1-10H3. The van der Waals surface area contributed by atoms with E-state index >= 15 is 0 Å². The number of hydrogen-bond donors (Lipinski definition) is 0. The van der Waals surface area contributed by atoms with Gasteiger partial charge in [-0.25, -0.2) is 0 Å². The largest absolute Gasteiger partial charge is 0.377 e. The van der Waals surface area contributed by atoms with E-state index in [-0.39, 0.29) is 29.6 Å². The molecule has 0 aliphatic rings. The van der Waals surface area contributed by atoms with Crippen molar-refractivity contribution in [1.29, 1.82) is 0 Å². The highest BCUT2D eigenvalue weighted by Crippen LogP contribution is 2.51. The average molecular weight is 484 g/mol. The van der Waals surface area contributed by atoms with Crippen LogP contribution in [0.1, 0.15) is 60.3 Å². The summed E-state index contributed by atoms with van der Waals surface area (Å²) in [5, 5.41) is 0. The van der Waals surface area contributed by atoms with Crippen molar-refractivity contribution in [2.75, 3.05) is 61.0 Å². The first kappa shape index (κ1) is 31.6. The Morgan fingerprint density at radius 3 is 1.03 bits per heavy atom. The SMILES string of the molecule is CCC(OC)P(CCN(CCP(C(CC)OC)C(CC)OC)C(C)OC)C(CC)OC. The summed E-state index contributed by atoms with van der Waals surface area (Å²) in [6.45, 7) is 12.9. The van der Waals surface area contributed by atoms with Crippen LogP contribution in [-0.2, 0) is 23.7 Å². The van der Waals surface area contributed by atoms with Crippen LogP contribution in [0.3, 0.4) is 0 Å². The molecular weight excluding hydrogens is 432 g/mol. The first-order valence-corrected chi connectivity index (χ1v) is 15.1. The van der Waals surface area contributed by atoms with Gasteiger partial charge in [-0.05, 0) is 60.8 Å². The molecule has 0 radical (unpaired) electrons. The Morgan fingerprint density at radius 1 is 0.548 bits per heavy atom. The predicted molar refractivity (Wildman–Crippen MR) is 136 cm³/mol. The first-order chi connectivity index (χ1) is 14.9. The van der Waals surface area contributed by atoms with Crippen LogP contribution in [-0.4, -0.2) is 95.5 Å². The van der Waals surface area contributed by atoms with Gasteiger partial charge in [-0.1, -0.05) is 27.7 Å². The van der Waals surface area contributed by atoms with Gasteiger partial charge >= 0.3 is 0 Å². The number of rotatable bonds is 20. The van der Waals surface area contributed by atoms with Crippen molar-refractivity contribution in [3.63, 3.8) is 0 Å². The Balaban J connectivity index is 5.38. The van der Waals surface area contributed by atoms with Gasteiger partial charge in [0.1, 0.15) is 6.23 Å². The molecule has 0 aliphatic heterocycles. The molecule has 5 unspecified atom stereocenters. The van der Waals surface area contributed by atoms with Gasteiger partial charge < -0.3 is 23.7 Å². The van der Waals surface area contributed by atoms with Crippen molar-refractivity contribution in [2.45, 2.75) is 89.9 Å². The maximum absolute atomic E-state index is 5.85. The molecule has 0 fully saturated rings. The summed E-state index contributed by atoms with van der Waals surface area (Å²) in [5.74, 6) is 1.08. The summed E-state index contributed by atoms with van der Waals surface area (Å²) in [7, 11) is 8.33. The lowest BCUT2D eigenvalue weighted by Gasteiger charge is -2.37. The van der Waals surface area contributed by atoms with E-state index in [4.69, 9.17) is 23.7 Å². The lowest BCUT2D eigenvalue weighted by molar-refractivity contribution is -0.0124. The molecule has 6 nitrogen and oxygen atoms in total. The fourth-order valence-corrected chi connectivity index (χ4v) is 10.0. The molecule has 0 aromatic rings. The Kier molecular flexibility index (Phi) is 19.4. The number of nitrogens with zero attached hydrogens (tertiary/aromatic N) is 1. The zero-order chi connectivity index (χ0) is 23.8. The van der Waals surface area contributed by atoms with E-state index in [1.165, 1.54) is 0 Å². The van der Waals surface area contributed by atoms with E-state index in [0.717, 1.165) is 51.1 Å². The summed E-state index contributed by atoms with van der Waals surface area (Å²) in [6.07, 6.45) is 6.32. The van der Waals surface area contributed by atoms with Crippen molar-refractivity contribution >= 4 is 15.8 Å². The maximum atomic E-state index is 5.85. The molecule has 188 valence electrons. The highest BCUT2D eigenvalue weighted by atomic mass is 31.1. The zero-order valence-corrected chi connectivity index (χ0v) is 23.7. The molecule has 0 aromatic carbocycles. The highest BCUT2D eigenvalue weighted by Gasteiger charge is 2.30. The summed E-state index contributed by atoms with van der Waals surface area (Å²) >= 11 is 0. The lowest BCUT2D eigenvalue weighted by atomic mass is 10.4. The van der Waals surface area contributed by atoms with Crippen molar-refractivity contribution in [1.82, 2.24) is 4.90 Å². The third kappa shape index (κ3) is 10.6. The van der Waals surface area contributed by atoms with Crippen molar-refractivity contribution in [3.8, 4) is 0 Å². The number of hydrogen-bond acceptors (Lipinski definition) is 6. The predicted octanol–water partition coefficient (Wildman–Crippen LogP) is 5.77. The second-order valence-electron chi connectivity index (χ2n) is 7.74. The minimum atomic E-state index is -0.399. The first-order valence-electron chi connectivity index (χ1n) is 11.8. The smallest absolute Gasteiger partial charge is 0.107 e. The van der Waals surface area contributed by atoms with Gasteiger partial charge in [-0.2, -0.15) is 0 Å². The molecular formula is C23H51NO5P2. The van der Waals surface area contributed by atoms with Gasteiger partial charge in [0.2, 0.25) is 0 Å². The second kappa shape index (κ2) is 19.0. The Bertz CT molecular complexity index is 349. The van der Waals surface area contributed by atoms with Crippen LogP contribution < -0.4 is 0 Å². The van der Waals surface area contributed by atoms with Gasteiger partial charge in [0.25, 0.3) is 0 Å². The van der Waals surface area contributed by atoms with E-state index < -0.39 is 15.8 Å². The molecule has 0 aromatic heterocycles. The third-order valence-electron chi connectivity index (χ3n) is 6.11. The topological polar surface area (TPSA) is 49.4 Å². The van der Waals surface area contributed by atoms with Crippen LogP contribution in [0.5, 0.6) is 0 Å². The minimum absolute atomic E-state index is 0.0733. The molecule has 31 heavy (non-hydrogen) atoms. The molecule has 5 atom stereocenters. The summed E-state index contributed by atoms with van der Waals surface area (Å²) in [5.41, 5.74) is 0. The van der Waals surface area contributed by atoms with E-state index in [2.05, 4.69) is 39.5 Å². The molecule has 0 aliphatic carbocycles. The fraction of sp³-hybridized carbons (Fsp3) is 1.00. The molecule has 8 heteroatoms. The van der Waals surface area contributed by atoms with Crippen molar-refractivity contribution < 1.29 is 23.7 Å². The van der Waals surface area contributed by atoms with Crippen LogP contribution in [0.2, 0.25) is 0 Å². The second-order valence-corrected chi connectivity index (χ2v) is 13.0. The Labute approximate surface area is 195 Å². The molecule has 0 spiro atoms. The summed E-state index contributed by atoms with van der Waals surface area (Å²) in [4.78, 5) is 2.47. The monoisotopic (exact) mass is 483 g/mol. The summed E-state index contributed by atoms with van der Waals surface area (Å²) in [6, 6.07) is 0. The van der Waals surface area contributed by atoms with Gasteiger partial charge in [0.05, 0.1) is 23.4 Å². The van der Waals surface area contributed by atoms with Gasteiger partial charge in [0.15, 0.2) is 0 Å². The quantitative estimate of drug-likeness (QED) is 0.162. The molecule has 0 bridgehead atoms. The van der Waals surface area contributed by atoms with Gasteiger partial charge in [-0.15, -0.1) is 0 Å². The van der Waals surface area contributed by atoms with Crippen LogP contribution in [0.25, 0.3) is 0 Å².